The number of halogens is 1. The molecule has 3 nitrogen and oxygen atoms in total. The van der Waals surface area contributed by atoms with E-state index in [-0.39, 0.29) is 5.97 Å². The van der Waals surface area contributed by atoms with Gasteiger partial charge in [0.05, 0.1) is 26.2 Å². The van der Waals surface area contributed by atoms with Gasteiger partial charge in [0, 0.05) is 5.02 Å². The molecule has 29 heavy (non-hydrogen) atoms. The maximum absolute atomic E-state index is 12.5. The van der Waals surface area contributed by atoms with Gasteiger partial charge in [-0.1, -0.05) is 68.0 Å². The molecule has 4 heteroatoms. The predicted molar refractivity (Wildman–Crippen MR) is 122 cm³/mol. The molecule has 1 aromatic rings. The average molecular weight is 421 g/mol. The second-order valence-corrected chi connectivity index (χ2v) is 9.05. The maximum Gasteiger partial charge on any atom is 0.361 e. The van der Waals surface area contributed by atoms with Gasteiger partial charge in [0.25, 0.3) is 0 Å². The zero-order valence-electron chi connectivity index (χ0n) is 18.4. The highest BCUT2D eigenvalue weighted by Gasteiger charge is 2.32. The van der Waals surface area contributed by atoms with Crippen LogP contribution in [0.25, 0.3) is 0 Å². The van der Waals surface area contributed by atoms with Crippen LogP contribution in [0.15, 0.2) is 35.9 Å². The molecule has 0 atom stereocenters. The lowest BCUT2D eigenvalue weighted by molar-refractivity contribution is -0.920. The Morgan fingerprint density at radius 2 is 1.83 bits per heavy atom. The van der Waals surface area contributed by atoms with Gasteiger partial charge in [-0.3, -0.25) is 0 Å². The number of likely N-dealkylation sites (tertiary alicyclic amines) is 1. The van der Waals surface area contributed by atoms with E-state index >= 15 is 0 Å². The molecule has 1 saturated heterocycles. The molecule has 1 heterocycles. The molecule has 1 fully saturated rings. The maximum atomic E-state index is 12.5. The van der Waals surface area contributed by atoms with Crippen molar-refractivity contribution in [3.05, 3.63) is 46.5 Å². The molecule has 0 amide bonds. The number of quaternary nitrogens is 1. The van der Waals surface area contributed by atoms with Crippen molar-refractivity contribution in [2.24, 2.45) is 0 Å². The summed E-state index contributed by atoms with van der Waals surface area (Å²) in [6.07, 6.45) is 12.7. The molecule has 0 bridgehead atoms. The quantitative estimate of drug-likeness (QED) is 0.170. The number of carbonyl (C=O) groups excluding carboxylic acids is 1. The van der Waals surface area contributed by atoms with Crippen molar-refractivity contribution < 1.29 is 14.0 Å². The van der Waals surface area contributed by atoms with Crippen molar-refractivity contribution in [1.29, 1.82) is 0 Å². The van der Waals surface area contributed by atoms with Gasteiger partial charge in [-0.15, -0.1) is 0 Å². The van der Waals surface area contributed by atoms with Crippen molar-refractivity contribution in [3.63, 3.8) is 0 Å². The molecule has 162 valence electrons. The van der Waals surface area contributed by atoms with E-state index in [2.05, 4.69) is 26.0 Å². The van der Waals surface area contributed by atoms with Gasteiger partial charge in [0.1, 0.15) is 0 Å². The van der Waals surface area contributed by atoms with Gasteiger partial charge in [0.2, 0.25) is 0 Å². The summed E-state index contributed by atoms with van der Waals surface area (Å²) in [5.74, 6) is -0.0282. The largest absolute Gasteiger partial charge is 0.462 e. The van der Waals surface area contributed by atoms with E-state index in [1.54, 1.807) is 0 Å². The summed E-state index contributed by atoms with van der Waals surface area (Å²) in [5.41, 5.74) is 2.47. The second-order valence-electron chi connectivity index (χ2n) is 8.64. The van der Waals surface area contributed by atoms with Crippen molar-refractivity contribution in [2.75, 3.05) is 32.8 Å². The first-order valence-corrected chi connectivity index (χ1v) is 11.8. The number of hydrogen-bond donors (Lipinski definition) is 0. The predicted octanol–water partition coefficient (Wildman–Crippen LogP) is 6.34. The molecule has 0 radical (unpaired) electrons. The number of carbonyl (C=O) groups is 1. The Hall–Kier alpha value is -1.32. The Morgan fingerprint density at radius 3 is 2.55 bits per heavy atom. The van der Waals surface area contributed by atoms with E-state index in [1.165, 1.54) is 44.1 Å². The fourth-order valence-corrected chi connectivity index (χ4v) is 4.37. The van der Waals surface area contributed by atoms with E-state index in [0.29, 0.717) is 13.2 Å². The Bertz CT molecular complexity index is 650. The van der Waals surface area contributed by atoms with Gasteiger partial charge in [0.15, 0.2) is 6.54 Å². The molecule has 0 aliphatic carbocycles. The Labute approximate surface area is 182 Å². The lowest BCUT2D eigenvalue weighted by Crippen LogP contribution is -2.54. The van der Waals surface area contributed by atoms with Crippen LogP contribution in [-0.4, -0.2) is 43.2 Å². The topological polar surface area (TPSA) is 26.3 Å². The number of piperidine rings is 1. The van der Waals surface area contributed by atoms with E-state index in [1.807, 2.05) is 18.2 Å². The van der Waals surface area contributed by atoms with Crippen LogP contribution in [0, 0.1) is 0 Å². The number of benzene rings is 1. The van der Waals surface area contributed by atoms with Crippen molar-refractivity contribution in [2.45, 2.75) is 71.6 Å². The molecule has 0 N–H and O–H groups in total. The summed E-state index contributed by atoms with van der Waals surface area (Å²) in [7, 11) is 0. The first-order valence-electron chi connectivity index (χ1n) is 11.4. The fourth-order valence-electron chi connectivity index (χ4n) is 4.16. The second kappa shape index (κ2) is 13.1. The first-order chi connectivity index (χ1) is 14.0. The zero-order chi connectivity index (χ0) is 21.0. The average Bonchev–Trinajstić information content (AvgIpc) is 2.71. The number of hydrogen-bond acceptors (Lipinski definition) is 2. The highest BCUT2D eigenvalue weighted by atomic mass is 35.5. The summed E-state index contributed by atoms with van der Waals surface area (Å²) in [4.78, 5) is 12.5. The summed E-state index contributed by atoms with van der Waals surface area (Å²) >= 11 is 6.31. The third-order valence-electron chi connectivity index (χ3n) is 5.99. The highest BCUT2D eigenvalue weighted by molar-refractivity contribution is 6.31. The van der Waals surface area contributed by atoms with Crippen LogP contribution in [0.5, 0.6) is 0 Å². The van der Waals surface area contributed by atoms with E-state index in [0.717, 1.165) is 54.0 Å². The number of nitrogens with zero attached hydrogens (tertiary/aromatic N) is 1. The van der Waals surface area contributed by atoms with E-state index in [9.17, 15) is 4.79 Å². The standard InChI is InChI=1S/C25H39ClNO2/c1-3-4-5-6-12-19-29-25(28)21-27(16-10-7-11-17-27)18-15-22(2)20-23-13-8-9-14-24(23)26/h8-9,13-15H,3-7,10-12,16-21H2,1-2H3/q+1/b22-15-. The number of unbranched alkanes of at least 4 members (excludes halogenated alkanes) is 4. The van der Waals surface area contributed by atoms with Crippen LogP contribution in [0.1, 0.15) is 70.8 Å². The van der Waals surface area contributed by atoms with Gasteiger partial charge in [-0.25, -0.2) is 4.79 Å². The molecular weight excluding hydrogens is 382 g/mol. The highest BCUT2D eigenvalue weighted by Crippen LogP contribution is 2.22. The van der Waals surface area contributed by atoms with Crippen LogP contribution in [0.3, 0.4) is 0 Å². The van der Waals surface area contributed by atoms with Gasteiger partial charge in [-0.2, -0.15) is 0 Å². The molecule has 1 aliphatic rings. The normalized spacial score (nSPS) is 16.6. The van der Waals surface area contributed by atoms with Crippen LogP contribution in [-0.2, 0) is 16.0 Å². The summed E-state index contributed by atoms with van der Waals surface area (Å²) < 4.78 is 6.42. The van der Waals surface area contributed by atoms with Crippen molar-refractivity contribution >= 4 is 17.6 Å². The molecular formula is C25H39ClNO2+. The number of esters is 1. The molecule has 0 saturated carbocycles. The molecule has 1 aliphatic heterocycles. The summed E-state index contributed by atoms with van der Waals surface area (Å²) in [5, 5.41) is 0.824. The number of allylic oxidation sites excluding steroid dienone is 1. The van der Waals surface area contributed by atoms with Gasteiger partial charge in [-0.05, 0) is 56.7 Å². The molecule has 2 rings (SSSR count). The third-order valence-corrected chi connectivity index (χ3v) is 6.36. The minimum Gasteiger partial charge on any atom is -0.462 e. The minimum atomic E-state index is -0.0282. The minimum absolute atomic E-state index is 0.0282. The van der Waals surface area contributed by atoms with Gasteiger partial charge >= 0.3 is 5.97 Å². The smallest absolute Gasteiger partial charge is 0.361 e. The molecule has 0 aromatic heterocycles. The number of rotatable bonds is 12. The first kappa shape index (κ1) is 24.0. The zero-order valence-corrected chi connectivity index (χ0v) is 19.2. The van der Waals surface area contributed by atoms with Crippen LogP contribution in [0.2, 0.25) is 5.02 Å². The van der Waals surface area contributed by atoms with E-state index in [4.69, 9.17) is 16.3 Å². The van der Waals surface area contributed by atoms with Crippen LogP contribution in [0.4, 0.5) is 0 Å². The fraction of sp³-hybridized carbons (Fsp3) is 0.640. The van der Waals surface area contributed by atoms with Crippen LogP contribution < -0.4 is 0 Å². The summed E-state index contributed by atoms with van der Waals surface area (Å²) in [6.45, 7) is 8.50. The lowest BCUT2D eigenvalue weighted by atomic mass is 10.0. The molecule has 1 aromatic carbocycles. The Balaban J connectivity index is 1.86. The Kier molecular flexibility index (Phi) is 10.8. The molecule has 0 spiro atoms. The Morgan fingerprint density at radius 1 is 1.10 bits per heavy atom. The lowest BCUT2D eigenvalue weighted by Gasteiger charge is -2.40. The van der Waals surface area contributed by atoms with Crippen LogP contribution >= 0.6 is 11.6 Å². The molecule has 0 unspecified atom stereocenters. The van der Waals surface area contributed by atoms with Gasteiger partial charge < -0.3 is 9.22 Å². The number of ether oxygens (including phenoxy) is 1. The third kappa shape index (κ3) is 8.92. The summed E-state index contributed by atoms with van der Waals surface area (Å²) in [6, 6.07) is 8.03. The van der Waals surface area contributed by atoms with Crippen molar-refractivity contribution in [3.8, 4) is 0 Å². The van der Waals surface area contributed by atoms with E-state index < -0.39 is 0 Å². The SMILES string of the molecule is CCCCCCCOC(=O)C[N+]1(C/C=C(/C)Cc2ccccc2Cl)CCCCC1. The monoisotopic (exact) mass is 420 g/mol. The van der Waals surface area contributed by atoms with Crippen molar-refractivity contribution in [1.82, 2.24) is 0 Å².